The van der Waals surface area contributed by atoms with E-state index in [1.54, 1.807) is 0 Å². The van der Waals surface area contributed by atoms with E-state index in [2.05, 4.69) is 23.5 Å². The second-order valence-electron chi connectivity index (χ2n) is 8.03. The topological polar surface area (TPSA) is 60.4 Å². The Labute approximate surface area is 199 Å². The number of rotatable bonds is 5. The average molecular weight is 472 g/mol. The van der Waals surface area contributed by atoms with E-state index < -0.39 is 0 Å². The number of aliphatic hydroxyl groups is 1. The Kier molecular flexibility index (Phi) is 10.4. The van der Waals surface area contributed by atoms with Gasteiger partial charge in [0.05, 0.1) is 0 Å². The molecule has 4 rings (SSSR count). The molecule has 0 unspecified atom stereocenters. The molecule has 1 saturated carbocycles. The molecule has 1 heterocycles. The van der Waals surface area contributed by atoms with Gasteiger partial charge in [-0.15, -0.1) is 6.54 Å². The quantitative estimate of drug-likeness (QED) is 0.635. The predicted molar refractivity (Wildman–Crippen MR) is 113 cm³/mol. The molecule has 0 aromatic heterocycles. The van der Waals surface area contributed by atoms with Crippen LogP contribution in [0, 0.1) is 11.2 Å². The van der Waals surface area contributed by atoms with Crippen LogP contribution < -0.4 is 5.73 Å². The van der Waals surface area contributed by atoms with Gasteiger partial charge in [-0.3, -0.25) is 0 Å². The molecule has 0 saturated heterocycles. The van der Waals surface area contributed by atoms with Gasteiger partial charge in [-0.2, -0.15) is 0 Å². The van der Waals surface area contributed by atoms with E-state index in [9.17, 15) is 4.39 Å². The first kappa shape index (κ1) is 24.6. The van der Waals surface area contributed by atoms with Gasteiger partial charge < -0.3 is 16.2 Å². The van der Waals surface area contributed by atoms with Crippen molar-refractivity contribution in [2.45, 2.75) is 51.0 Å². The maximum Gasteiger partial charge on any atom is 0.123 e. The fourth-order valence-corrected chi connectivity index (χ4v) is 4.66. The van der Waals surface area contributed by atoms with Gasteiger partial charge in [0.2, 0.25) is 0 Å². The van der Waals surface area contributed by atoms with Gasteiger partial charge in [0.15, 0.2) is 0 Å². The molecule has 0 spiro atoms. The third-order valence-corrected chi connectivity index (χ3v) is 6.21. The minimum absolute atomic E-state index is 0. The summed E-state index contributed by atoms with van der Waals surface area (Å²) in [5, 5.41) is 13.5. The summed E-state index contributed by atoms with van der Waals surface area (Å²) in [6, 6.07) is 15.1. The Morgan fingerprint density at radius 2 is 1.72 bits per heavy atom. The first-order valence-corrected chi connectivity index (χ1v) is 10.5. The van der Waals surface area contributed by atoms with Crippen molar-refractivity contribution in [1.82, 2.24) is 0 Å². The minimum atomic E-state index is -0.196. The SMILES string of the molecule is Fc1ccc([C@@H]2[N-]CCc3ccccc32)cc1.NCCC1(CCO)CCCC1.[Y]. The van der Waals surface area contributed by atoms with Gasteiger partial charge in [0.25, 0.3) is 0 Å². The summed E-state index contributed by atoms with van der Waals surface area (Å²) in [4.78, 5) is 0. The molecule has 155 valence electrons. The summed E-state index contributed by atoms with van der Waals surface area (Å²) in [7, 11) is 0. The van der Waals surface area contributed by atoms with Crippen LogP contribution in [0.4, 0.5) is 4.39 Å². The van der Waals surface area contributed by atoms with Gasteiger partial charge in [-0.25, -0.2) is 4.39 Å². The summed E-state index contributed by atoms with van der Waals surface area (Å²) in [6.07, 6.45) is 8.31. The van der Waals surface area contributed by atoms with E-state index in [1.807, 2.05) is 18.2 Å². The van der Waals surface area contributed by atoms with Crippen molar-refractivity contribution in [3.8, 4) is 0 Å². The Morgan fingerprint density at radius 1 is 1.03 bits per heavy atom. The maximum atomic E-state index is 12.9. The zero-order chi connectivity index (χ0) is 19.8. The minimum Gasteiger partial charge on any atom is -0.652 e. The zero-order valence-electron chi connectivity index (χ0n) is 17.2. The number of hydrogen-bond donors (Lipinski definition) is 2. The molecule has 1 aliphatic carbocycles. The van der Waals surface area contributed by atoms with E-state index in [1.165, 1.54) is 48.9 Å². The molecule has 0 amide bonds. The number of aliphatic hydroxyl groups excluding tert-OH is 1. The molecule has 2 aromatic rings. The first-order valence-electron chi connectivity index (χ1n) is 10.5. The summed E-state index contributed by atoms with van der Waals surface area (Å²) in [5.41, 5.74) is 9.64. The average Bonchev–Trinajstić information content (AvgIpc) is 3.18. The summed E-state index contributed by atoms with van der Waals surface area (Å²) in [5.74, 6) is -0.196. The van der Waals surface area contributed by atoms with E-state index in [0.717, 1.165) is 37.9 Å². The van der Waals surface area contributed by atoms with Gasteiger partial charge in [0, 0.05) is 39.3 Å². The number of nitrogens with zero attached hydrogens (tertiary/aromatic N) is 1. The molecule has 0 bridgehead atoms. The molecule has 3 N–H and O–H groups in total. The molecule has 1 radical (unpaired) electrons. The Hall–Kier alpha value is -0.646. The second kappa shape index (κ2) is 12.3. The molecule has 1 fully saturated rings. The molecule has 2 aliphatic rings. The van der Waals surface area contributed by atoms with Crippen LogP contribution in [0.5, 0.6) is 0 Å². The van der Waals surface area contributed by atoms with Crippen LogP contribution in [0.2, 0.25) is 0 Å². The monoisotopic (exact) mass is 472 g/mol. The third kappa shape index (κ3) is 6.67. The molecular formula is C24H32FN2OY-. The van der Waals surface area contributed by atoms with Crippen LogP contribution >= 0.6 is 0 Å². The molecule has 3 nitrogen and oxygen atoms in total. The smallest absolute Gasteiger partial charge is 0.123 e. The normalized spacial score (nSPS) is 19.5. The van der Waals surface area contributed by atoms with Crippen molar-refractivity contribution in [2.24, 2.45) is 11.1 Å². The third-order valence-electron chi connectivity index (χ3n) is 6.21. The van der Waals surface area contributed by atoms with Crippen molar-refractivity contribution in [2.75, 3.05) is 19.7 Å². The van der Waals surface area contributed by atoms with E-state index in [0.29, 0.717) is 12.0 Å². The van der Waals surface area contributed by atoms with E-state index >= 15 is 0 Å². The van der Waals surface area contributed by atoms with E-state index in [4.69, 9.17) is 10.8 Å². The van der Waals surface area contributed by atoms with Crippen molar-refractivity contribution in [1.29, 1.82) is 0 Å². The summed E-state index contributed by atoms with van der Waals surface area (Å²) in [6.45, 7) is 1.96. The van der Waals surface area contributed by atoms with Crippen LogP contribution in [0.15, 0.2) is 48.5 Å². The zero-order valence-corrected chi connectivity index (χ0v) is 20.0. The Bertz CT molecular complexity index is 724. The number of nitrogens with two attached hydrogens (primary N) is 1. The van der Waals surface area contributed by atoms with Gasteiger partial charge >= 0.3 is 0 Å². The largest absolute Gasteiger partial charge is 0.652 e. The number of benzene rings is 2. The second-order valence-corrected chi connectivity index (χ2v) is 8.03. The summed E-state index contributed by atoms with van der Waals surface area (Å²) >= 11 is 0. The first-order chi connectivity index (χ1) is 13.7. The molecule has 5 heteroatoms. The van der Waals surface area contributed by atoms with Crippen molar-refractivity contribution in [3.63, 3.8) is 0 Å². The van der Waals surface area contributed by atoms with E-state index in [-0.39, 0.29) is 44.6 Å². The Morgan fingerprint density at radius 3 is 2.38 bits per heavy atom. The van der Waals surface area contributed by atoms with Crippen molar-refractivity contribution >= 4 is 0 Å². The van der Waals surface area contributed by atoms with Crippen molar-refractivity contribution < 1.29 is 42.2 Å². The standard InChI is InChI=1S/C15H13FN.C9H19NO.Y/c16-13-7-5-12(6-8-13)15-14-4-2-1-3-11(14)9-10-17-15;10-7-5-9(6-8-11)3-1-2-4-9;/h1-8,15H,9-10H2;11H,1-8,10H2;/q-1;;/t15-;;/m0../s1. The molecule has 29 heavy (non-hydrogen) atoms. The maximum absolute atomic E-state index is 12.9. The van der Waals surface area contributed by atoms with Crippen LogP contribution in [-0.2, 0) is 39.1 Å². The fourth-order valence-electron chi connectivity index (χ4n) is 4.66. The summed E-state index contributed by atoms with van der Waals surface area (Å²) < 4.78 is 12.9. The van der Waals surface area contributed by atoms with Gasteiger partial charge in [-0.1, -0.05) is 66.4 Å². The van der Waals surface area contributed by atoms with Crippen LogP contribution in [-0.4, -0.2) is 24.8 Å². The number of halogens is 1. The molecular weight excluding hydrogens is 440 g/mol. The predicted octanol–water partition coefficient (Wildman–Crippen LogP) is 5.12. The van der Waals surface area contributed by atoms with Gasteiger partial charge in [0.1, 0.15) is 5.82 Å². The molecule has 1 atom stereocenters. The van der Waals surface area contributed by atoms with Crippen molar-refractivity contribution in [3.05, 3.63) is 76.4 Å². The van der Waals surface area contributed by atoms with Crippen LogP contribution in [0.3, 0.4) is 0 Å². The number of hydrogen-bond acceptors (Lipinski definition) is 2. The Balaban J connectivity index is 0.000000219. The van der Waals surface area contributed by atoms with Crippen LogP contribution in [0.25, 0.3) is 5.32 Å². The fraction of sp³-hybridized carbons (Fsp3) is 0.500. The number of fused-ring (bicyclic) bond motifs is 1. The molecule has 1 aliphatic heterocycles. The molecule has 2 aromatic carbocycles. The van der Waals surface area contributed by atoms with Crippen LogP contribution in [0.1, 0.15) is 61.3 Å². The van der Waals surface area contributed by atoms with Gasteiger partial charge in [-0.05, 0) is 61.8 Å².